The molecule has 0 saturated heterocycles. The molecule has 0 amide bonds. The summed E-state index contributed by atoms with van der Waals surface area (Å²) in [5.41, 5.74) is -1.39. The lowest BCUT2D eigenvalue weighted by Gasteiger charge is -2.06. The second-order valence-corrected chi connectivity index (χ2v) is 2.19. The van der Waals surface area contributed by atoms with Crippen molar-refractivity contribution in [3.05, 3.63) is 35.4 Å². The van der Waals surface area contributed by atoms with E-state index in [2.05, 4.69) is 0 Å². The lowest BCUT2D eigenvalue weighted by Crippen LogP contribution is -2.05. The van der Waals surface area contributed by atoms with Crippen molar-refractivity contribution in [1.82, 2.24) is 0 Å². The van der Waals surface area contributed by atoms with Gasteiger partial charge in [-0.05, 0) is 17.7 Å². The van der Waals surface area contributed by atoms with Crippen molar-refractivity contribution in [2.24, 2.45) is 0 Å². The van der Waals surface area contributed by atoms with Gasteiger partial charge in [-0.3, -0.25) is 0 Å². The summed E-state index contributed by atoms with van der Waals surface area (Å²) in [6, 6.07) is 3.54. The normalized spacial score (nSPS) is 15.3. The van der Waals surface area contributed by atoms with Crippen LogP contribution in [0.15, 0.2) is 24.3 Å². The molecule has 0 aliphatic carbocycles. The van der Waals surface area contributed by atoms with E-state index in [1.807, 2.05) is 0 Å². The summed E-state index contributed by atoms with van der Waals surface area (Å²) in [5.74, 6) is 0. The standard InChI is InChI=1S/C8H7F3O/c9-8(10,11)7-3-1-2-6(4-7)5-12/h1-4,12H,5H2/i5D2. The molecule has 1 rings (SSSR count). The number of aliphatic hydroxyl groups is 1. The Kier molecular flexibility index (Phi) is 1.70. The maximum atomic E-state index is 12.2. The third-order valence-corrected chi connectivity index (χ3v) is 1.32. The minimum Gasteiger partial charge on any atom is -0.392 e. The van der Waals surface area contributed by atoms with Crippen molar-refractivity contribution in [3.8, 4) is 0 Å². The Morgan fingerprint density at radius 3 is 2.58 bits per heavy atom. The van der Waals surface area contributed by atoms with E-state index in [0.717, 1.165) is 18.2 Å². The van der Waals surface area contributed by atoms with E-state index in [-0.39, 0.29) is 0 Å². The summed E-state index contributed by atoms with van der Waals surface area (Å²) in [4.78, 5) is 0. The Hall–Kier alpha value is -1.03. The molecule has 1 aromatic carbocycles. The maximum Gasteiger partial charge on any atom is 0.416 e. The highest BCUT2D eigenvalue weighted by molar-refractivity contribution is 5.24. The predicted octanol–water partition coefficient (Wildman–Crippen LogP) is 2.20. The Balaban J connectivity index is 3.15. The zero-order chi connectivity index (χ0) is 11.0. The predicted molar refractivity (Wildman–Crippen MR) is 37.4 cm³/mol. The van der Waals surface area contributed by atoms with Crippen LogP contribution in [0.25, 0.3) is 0 Å². The summed E-state index contributed by atoms with van der Waals surface area (Å²) >= 11 is 0. The lowest BCUT2D eigenvalue weighted by atomic mass is 10.1. The Morgan fingerprint density at radius 1 is 1.42 bits per heavy atom. The highest BCUT2D eigenvalue weighted by Crippen LogP contribution is 2.29. The van der Waals surface area contributed by atoms with Crippen LogP contribution in [0.3, 0.4) is 0 Å². The highest BCUT2D eigenvalue weighted by atomic mass is 19.4. The molecule has 0 fully saturated rings. The van der Waals surface area contributed by atoms with Crippen LogP contribution in [-0.4, -0.2) is 5.11 Å². The van der Waals surface area contributed by atoms with Gasteiger partial charge in [-0.1, -0.05) is 12.1 Å². The largest absolute Gasteiger partial charge is 0.416 e. The first kappa shape index (κ1) is 6.48. The minimum absolute atomic E-state index is 0.410. The number of benzene rings is 1. The molecule has 0 saturated carbocycles. The summed E-state index contributed by atoms with van der Waals surface area (Å²) in [5, 5.41) is 8.85. The molecule has 0 heterocycles. The fourth-order valence-electron chi connectivity index (χ4n) is 0.765. The molecule has 0 unspecified atom stereocenters. The van der Waals surface area contributed by atoms with Crippen LogP contribution in [-0.2, 0) is 12.7 Å². The molecule has 0 spiro atoms. The fourth-order valence-corrected chi connectivity index (χ4v) is 0.765. The van der Waals surface area contributed by atoms with Gasteiger partial charge in [0.05, 0.1) is 14.9 Å². The van der Waals surface area contributed by atoms with Gasteiger partial charge in [0.1, 0.15) is 0 Å². The fraction of sp³-hybridized carbons (Fsp3) is 0.250. The van der Waals surface area contributed by atoms with Gasteiger partial charge < -0.3 is 5.11 Å². The first-order valence-electron chi connectivity index (χ1n) is 4.11. The number of halogens is 3. The van der Waals surface area contributed by atoms with Crippen LogP contribution in [0.4, 0.5) is 13.2 Å². The van der Waals surface area contributed by atoms with E-state index in [1.54, 1.807) is 0 Å². The molecule has 0 bridgehead atoms. The first-order valence-corrected chi connectivity index (χ1v) is 3.11. The van der Waals surface area contributed by atoms with E-state index in [4.69, 9.17) is 7.85 Å². The van der Waals surface area contributed by atoms with E-state index >= 15 is 0 Å². The summed E-state index contributed by atoms with van der Waals surface area (Å²) < 4.78 is 50.1. The Labute approximate surface area is 70.3 Å². The first-order chi connectivity index (χ1) is 6.21. The van der Waals surface area contributed by atoms with Crippen LogP contribution >= 0.6 is 0 Å². The van der Waals surface area contributed by atoms with Crippen LogP contribution < -0.4 is 0 Å². The quantitative estimate of drug-likeness (QED) is 0.698. The number of alkyl halides is 3. The second-order valence-electron chi connectivity index (χ2n) is 2.19. The average Bonchev–Trinajstić information content (AvgIpc) is 2.01. The molecule has 1 aromatic rings. The van der Waals surface area contributed by atoms with Gasteiger partial charge in [0.2, 0.25) is 0 Å². The van der Waals surface area contributed by atoms with Gasteiger partial charge in [0, 0.05) is 0 Å². The number of rotatable bonds is 1. The smallest absolute Gasteiger partial charge is 0.392 e. The molecule has 4 heteroatoms. The molecule has 1 nitrogen and oxygen atoms in total. The zero-order valence-electron chi connectivity index (χ0n) is 7.89. The zero-order valence-corrected chi connectivity index (χ0v) is 5.89. The molecule has 0 aliphatic heterocycles. The third kappa shape index (κ3) is 1.98. The molecule has 0 aliphatic rings. The monoisotopic (exact) mass is 178 g/mol. The van der Waals surface area contributed by atoms with Gasteiger partial charge in [0.15, 0.2) is 0 Å². The van der Waals surface area contributed by atoms with Crippen molar-refractivity contribution >= 4 is 0 Å². The van der Waals surface area contributed by atoms with Crippen molar-refractivity contribution in [2.45, 2.75) is 12.7 Å². The van der Waals surface area contributed by atoms with Gasteiger partial charge in [-0.15, -0.1) is 0 Å². The van der Waals surface area contributed by atoms with E-state index in [9.17, 15) is 13.2 Å². The minimum atomic E-state index is -4.53. The second kappa shape index (κ2) is 3.15. The third-order valence-electron chi connectivity index (χ3n) is 1.32. The molecular weight excluding hydrogens is 169 g/mol. The van der Waals surface area contributed by atoms with Crippen molar-refractivity contribution < 1.29 is 21.0 Å². The summed E-state index contributed by atoms with van der Waals surface area (Å²) in [6.07, 6.45) is -4.53. The lowest BCUT2D eigenvalue weighted by molar-refractivity contribution is -0.137. The summed E-state index contributed by atoms with van der Waals surface area (Å²) in [6.45, 7) is -2.75. The van der Waals surface area contributed by atoms with Gasteiger partial charge in [0.25, 0.3) is 0 Å². The molecular formula is C8H7F3O. The van der Waals surface area contributed by atoms with E-state index in [0.29, 0.717) is 6.07 Å². The molecule has 66 valence electrons. The highest BCUT2D eigenvalue weighted by Gasteiger charge is 2.30. The topological polar surface area (TPSA) is 20.2 Å². The van der Waals surface area contributed by atoms with Crippen LogP contribution in [0.1, 0.15) is 13.9 Å². The number of hydrogen-bond acceptors (Lipinski definition) is 1. The maximum absolute atomic E-state index is 12.2. The SMILES string of the molecule is [2H]C([2H])(O)c1cccc(C(F)(F)F)c1. The van der Waals surface area contributed by atoms with Crippen molar-refractivity contribution in [1.29, 1.82) is 0 Å². The van der Waals surface area contributed by atoms with Crippen LogP contribution in [0.2, 0.25) is 0 Å². The van der Waals surface area contributed by atoms with Crippen LogP contribution in [0, 0.1) is 0 Å². The van der Waals surface area contributed by atoms with E-state index < -0.39 is 23.9 Å². The van der Waals surface area contributed by atoms with Crippen molar-refractivity contribution in [2.75, 3.05) is 0 Å². The summed E-state index contributed by atoms with van der Waals surface area (Å²) in [7, 11) is 0. The Bertz CT molecular complexity index is 301. The van der Waals surface area contributed by atoms with E-state index in [1.165, 1.54) is 0 Å². The molecule has 1 N–H and O–H groups in total. The number of hydrogen-bond donors (Lipinski definition) is 1. The van der Waals surface area contributed by atoms with Gasteiger partial charge in [-0.25, -0.2) is 0 Å². The molecule has 0 radical (unpaired) electrons. The van der Waals surface area contributed by atoms with Crippen LogP contribution in [0.5, 0.6) is 0 Å². The Morgan fingerprint density at radius 2 is 2.08 bits per heavy atom. The molecule has 0 atom stereocenters. The average molecular weight is 178 g/mol. The van der Waals surface area contributed by atoms with Gasteiger partial charge in [-0.2, -0.15) is 13.2 Å². The van der Waals surface area contributed by atoms with Crippen molar-refractivity contribution in [3.63, 3.8) is 0 Å². The molecule has 0 aromatic heterocycles. The molecule has 12 heavy (non-hydrogen) atoms. The van der Waals surface area contributed by atoms with Gasteiger partial charge >= 0.3 is 6.18 Å².